The molecule has 0 saturated heterocycles. The number of benzene rings is 1. The van der Waals surface area contributed by atoms with Crippen LogP contribution in [0.2, 0.25) is 0 Å². The van der Waals surface area contributed by atoms with Crippen molar-refractivity contribution in [2.45, 2.75) is 0 Å². The molecule has 0 aliphatic heterocycles. The SMILES string of the molecule is COc1c(O)cc(C#N)cc1C#N. The minimum atomic E-state index is -0.196. The summed E-state index contributed by atoms with van der Waals surface area (Å²) in [4.78, 5) is 0. The predicted molar refractivity (Wildman–Crippen MR) is 44.1 cm³/mol. The van der Waals surface area contributed by atoms with Crippen LogP contribution in [0.4, 0.5) is 0 Å². The maximum atomic E-state index is 9.31. The number of phenolic OH excluding ortho intramolecular Hbond substituents is 1. The van der Waals surface area contributed by atoms with E-state index in [1.807, 2.05) is 12.1 Å². The lowest BCUT2D eigenvalue weighted by molar-refractivity contribution is 0.372. The molecule has 0 aliphatic carbocycles. The quantitative estimate of drug-likeness (QED) is 0.692. The normalized spacial score (nSPS) is 8.54. The maximum absolute atomic E-state index is 9.31. The zero-order valence-corrected chi connectivity index (χ0v) is 6.90. The summed E-state index contributed by atoms with van der Waals surface area (Å²) in [6.45, 7) is 0. The van der Waals surface area contributed by atoms with Gasteiger partial charge < -0.3 is 9.84 Å². The van der Waals surface area contributed by atoms with Crippen LogP contribution in [0.3, 0.4) is 0 Å². The average molecular weight is 174 g/mol. The molecule has 1 aromatic rings. The van der Waals surface area contributed by atoms with Crippen LogP contribution in [0.5, 0.6) is 11.5 Å². The predicted octanol–water partition coefficient (Wildman–Crippen LogP) is 1.14. The molecule has 0 aliphatic rings. The van der Waals surface area contributed by atoms with Crippen molar-refractivity contribution in [3.8, 4) is 23.6 Å². The van der Waals surface area contributed by atoms with Crippen LogP contribution in [0.15, 0.2) is 12.1 Å². The largest absolute Gasteiger partial charge is 0.504 e. The van der Waals surface area contributed by atoms with Crippen LogP contribution < -0.4 is 4.74 Å². The van der Waals surface area contributed by atoms with Gasteiger partial charge in [0.1, 0.15) is 6.07 Å². The Bertz CT molecular complexity index is 413. The average Bonchev–Trinajstić information content (AvgIpc) is 2.16. The summed E-state index contributed by atoms with van der Waals surface area (Å²) < 4.78 is 4.78. The minimum Gasteiger partial charge on any atom is -0.504 e. The smallest absolute Gasteiger partial charge is 0.178 e. The summed E-state index contributed by atoms with van der Waals surface area (Å²) in [5, 5.41) is 26.5. The molecule has 0 spiro atoms. The molecule has 0 atom stereocenters. The summed E-state index contributed by atoms with van der Waals surface area (Å²) in [6, 6.07) is 6.26. The fourth-order valence-corrected chi connectivity index (χ4v) is 0.976. The Morgan fingerprint density at radius 3 is 2.46 bits per heavy atom. The Morgan fingerprint density at radius 1 is 1.31 bits per heavy atom. The van der Waals surface area contributed by atoms with Crippen molar-refractivity contribution in [1.29, 1.82) is 10.5 Å². The molecular formula is C9H6N2O2. The number of nitrogens with zero attached hydrogens (tertiary/aromatic N) is 2. The first-order valence-corrected chi connectivity index (χ1v) is 3.44. The highest BCUT2D eigenvalue weighted by molar-refractivity contribution is 5.56. The lowest BCUT2D eigenvalue weighted by Crippen LogP contribution is -1.89. The van der Waals surface area contributed by atoms with Crippen LogP contribution in [-0.4, -0.2) is 12.2 Å². The zero-order chi connectivity index (χ0) is 9.84. The number of phenols is 1. The molecule has 0 fully saturated rings. The molecule has 0 aromatic heterocycles. The van der Waals surface area contributed by atoms with Crippen molar-refractivity contribution in [2.75, 3.05) is 7.11 Å². The lowest BCUT2D eigenvalue weighted by atomic mass is 10.1. The summed E-state index contributed by atoms with van der Waals surface area (Å²) >= 11 is 0. The van der Waals surface area contributed by atoms with Crippen molar-refractivity contribution in [3.63, 3.8) is 0 Å². The van der Waals surface area contributed by atoms with Gasteiger partial charge in [-0.25, -0.2) is 0 Å². The monoisotopic (exact) mass is 174 g/mol. The fourth-order valence-electron chi connectivity index (χ4n) is 0.976. The van der Waals surface area contributed by atoms with Gasteiger partial charge in [-0.05, 0) is 6.07 Å². The van der Waals surface area contributed by atoms with E-state index in [2.05, 4.69) is 0 Å². The molecule has 4 heteroatoms. The summed E-state index contributed by atoms with van der Waals surface area (Å²) in [7, 11) is 1.35. The molecule has 0 amide bonds. The van der Waals surface area contributed by atoms with Crippen LogP contribution in [-0.2, 0) is 0 Å². The zero-order valence-electron chi connectivity index (χ0n) is 6.90. The van der Waals surface area contributed by atoms with Crippen molar-refractivity contribution < 1.29 is 9.84 Å². The Balaban J connectivity index is 3.42. The molecule has 0 heterocycles. The van der Waals surface area contributed by atoms with Gasteiger partial charge in [0.05, 0.1) is 24.3 Å². The van der Waals surface area contributed by atoms with Gasteiger partial charge in [0.15, 0.2) is 11.5 Å². The van der Waals surface area contributed by atoms with E-state index in [1.165, 1.54) is 19.2 Å². The van der Waals surface area contributed by atoms with E-state index in [0.29, 0.717) is 0 Å². The van der Waals surface area contributed by atoms with E-state index in [9.17, 15) is 5.11 Å². The van der Waals surface area contributed by atoms with E-state index >= 15 is 0 Å². The molecule has 0 saturated carbocycles. The molecule has 0 bridgehead atoms. The molecular weight excluding hydrogens is 168 g/mol. The second-order valence-electron chi connectivity index (χ2n) is 2.30. The molecule has 1 aromatic carbocycles. The molecule has 13 heavy (non-hydrogen) atoms. The fraction of sp³-hybridized carbons (Fsp3) is 0.111. The number of hydrogen-bond acceptors (Lipinski definition) is 4. The maximum Gasteiger partial charge on any atom is 0.178 e. The summed E-state index contributed by atoms with van der Waals surface area (Å²) in [6.07, 6.45) is 0. The third kappa shape index (κ3) is 1.52. The number of nitriles is 2. The molecule has 1 rings (SSSR count). The Kier molecular flexibility index (Phi) is 2.37. The van der Waals surface area contributed by atoms with Gasteiger partial charge >= 0.3 is 0 Å². The van der Waals surface area contributed by atoms with Crippen molar-refractivity contribution >= 4 is 0 Å². The van der Waals surface area contributed by atoms with Crippen LogP contribution >= 0.6 is 0 Å². The first-order valence-electron chi connectivity index (χ1n) is 3.44. The second kappa shape index (κ2) is 3.46. The number of hydrogen-bond donors (Lipinski definition) is 1. The van der Waals surface area contributed by atoms with Crippen molar-refractivity contribution in [2.24, 2.45) is 0 Å². The van der Waals surface area contributed by atoms with Crippen molar-refractivity contribution in [3.05, 3.63) is 23.3 Å². The minimum absolute atomic E-state index is 0.0986. The Hall–Kier alpha value is -2.20. The Labute approximate surface area is 75.2 Å². The summed E-state index contributed by atoms with van der Waals surface area (Å²) in [5.74, 6) is -0.0976. The third-order valence-electron chi connectivity index (χ3n) is 1.52. The highest BCUT2D eigenvalue weighted by Crippen LogP contribution is 2.30. The molecule has 0 unspecified atom stereocenters. The van der Waals surface area contributed by atoms with Crippen LogP contribution in [0.25, 0.3) is 0 Å². The van der Waals surface area contributed by atoms with Gasteiger partial charge in [0.25, 0.3) is 0 Å². The number of methoxy groups -OCH3 is 1. The van der Waals surface area contributed by atoms with E-state index in [1.54, 1.807) is 0 Å². The van der Waals surface area contributed by atoms with Crippen LogP contribution in [0.1, 0.15) is 11.1 Å². The second-order valence-corrected chi connectivity index (χ2v) is 2.30. The van der Waals surface area contributed by atoms with E-state index in [4.69, 9.17) is 15.3 Å². The first kappa shape index (κ1) is 8.89. The number of ether oxygens (including phenoxy) is 1. The van der Waals surface area contributed by atoms with E-state index in [-0.39, 0.29) is 22.6 Å². The van der Waals surface area contributed by atoms with E-state index in [0.717, 1.165) is 0 Å². The van der Waals surface area contributed by atoms with Gasteiger partial charge in [-0.1, -0.05) is 0 Å². The number of rotatable bonds is 1. The standard InChI is InChI=1S/C9H6N2O2/c1-13-9-7(5-11)2-6(4-10)3-8(9)12/h2-3,12H,1H3. The number of aromatic hydroxyl groups is 1. The van der Waals surface area contributed by atoms with Crippen molar-refractivity contribution in [1.82, 2.24) is 0 Å². The van der Waals surface area contributed by atoms with Gasteiger partial charge in [0.2, 0.25) is 0 Å². The Morgan fingerprint density at radius 2 is 2.00 bits per heavy atom. The lowest BCUT2D eigenvalue weighted by Gasteiger charge is -2.04. The summed E-state index contributed by atoms with van der Waals surface area (Å²) in [5.41, 5.74) is 0.383. The van der Waals surface area contributed by atoms with Crippen LogP contribution in [0, 0.1) is 22.7 Å². The van der Waals surface area contributed by atoms with Gasteiger partial charge in [-0.3, -0.25) is 0 Å². The topological polar surface area (TPSA) is 77.0 Å². The molecule has 4 nitrogen and oxygen atoms in total. The van der Waals surface area contributed by atoms with Gasteiger partial charge in [-0.15, -0.1) is 0 Å². The molecule has 1 N–H and O–H groups in total. The first-order chi connectivity index (χ1) is 6.22. The van der Waals surface area contributed by atoms with Gasteiger partial charge in [-0.2, -0.15) is 10.5 Å². The highest BCUT2D eigenvalue weighted by atomic mass is 16.5. The molecule has 0 radical (unpaired) electrons. The van der Waals surface area contributed by atoms with Gasteiger partial charge in [0, 0.05) is 6.07 Å². The highest BCUT2D eigenvalue weighted by Gasteiger charge is 2.09. The molecule has 64 valence electrons. The third-order valence-corrected chi connectivity index (χ3v) is 1.52. The van der Waals surface area contributed by atoms with E-state index < -0.39 is 0 Å².